The van der Waals surface area contributed by atoms with E-state index in [-0.39, 0.29) is 18.2 Å². The minimum atomic E-state index is -1.01. The molecule has 0 aliphatic carbocycles. The number of carboxylic acid groups (broad SMARTS) is 1. The number of ether oxygens (including phenoxy) is 1. The lowest BCUT2D eigenvalue weighted by molar-refractivity contribution is -0.142. The maximum Gasteiger partial charge on any atom is 0.326 e. The quantitative estimate of drug-likeness (QED) is 0.730. The van der Waals surface area contributed by atoms with Crippen molar-refractivity contribution >= 4 is 22.8 Å². The van der Waals surface area contributed by atoms with Crippen LogP contribution in [0.1, 0.15) is 25.8 Å². The van der Waals surface area contributed by atoms with Crippen molar-refractivity contribution in [3.8, 4) is 5.75 Å². The van der Waals surface area contributed by atoms with Crippen molar-refractivity contribution in [2.75, 3.05) is 7.11 Å². The molecule has 2 aromatic rings. The summed E-state index contributed by atoms with van der Waals surface area (Å²) in [4.78, 5) is 26.6. The van der Waals surface area contributed by atoms with Gasteiger partial charge in [0, 0.05) is 17.1 Å². The van der Waals surface area contributed by atoms with Crippen molar-refractivity contribution in [3.05, 3.63) is 30.0 Å². The van der Waals surface area contributed by atoms with Crippen LogP contribution in [0.2, 0.25) is 0 Å². The molecule has 0 radical (unpaired) electrons. The molecule has 1 aromatic heterocycles. The molecule has 3 N–H and O–H groups in total. The fourth-order valence-electron chi connectivity index (χ4n) is 2.64. The van der Waals surface area contributed by atoms with Gasteiger partial charge in [0.2, 0.25) is 5.91 Å². The van der Waals surface area contributed by atoms with Gasteiger partial charge in [0.25, 0.3) is 0 Å². The Balaban J connectivity index is 2.15. The molecule has 1 heterocycles. The van der Waals surface area contributed by atoms with Gasteiger partial charge in [-0.05, 0) is 30.0 Å². The molecule has 0 aliphatic heterocycles. The summed E-state index contributed by atoms with van der Waals surface area (Å²) >= 11 is 0. The van der Waals surface area contributed by atoms with E-state index < -0.39 is 12.0 Å². The fraction of sp³-hybridized carbons (Fsp3) is 0.412. The third-order valence-corrected chi connectivity index (χ3v) is 3.66. The molecule has 0 spiro atoms. The normalized spacial score (nSPS) is 12.3. The van der Waals surface area contributed by atoms with Crippen molar-refractivity contribution in [2.24, 2.45) is 5.92 Å². The number of carbonyl (C=O) groups is 2. The van der Waals surface area contributed by atoms with E-state index >= 15 is 0 Å². The number of aromatic amines is 1. The second-order valence-corrected chi connectivity index (χ2v) is 5.96. The molecule has 0 saturated heterocycles. The summed E-state index contributed by atoms with van der Waals surface area (Å²) in [7, 11) is 1.58. The van der Waals surface area contributed by atoms with Crippen LogP contribution < -0.4 is 10.1 Å². The molecule has 124 valence electrons. The second kappa shape index (κ2) is 7.17. The molecule has 1 unspecified atom stereocenters. The topological polar surface area (TPSA) is 91.4 Å². The first-order valence-electron chi connectivity index (χ1n) is 7.57. The van der Waals surface area contributed by atoms with E-state index in [1.807, 2.05) is 32.0 Å². The number of amides is 1. The number of hydrogen-bond acceptors (Lipinski definition) is 3. The minimum Gasteiger partial charge on any atom is -0.496 e. The number of H-pyrrole nitrogens is 1. The first-order chi connectivity index (χ1) is 10.9. The van der Waals surface area contributed by atoms with Crippen LogP contribution in [0.5, 0.6) is 5.75 Å². The Morgan fingerprint density at radius 3 is 2.70 bits per heavy atom. The second-order valence-electron chi connectivity index (χ2n) is 5.96. The Bertz CT molecular complexity index is 706. The van der Waals surface area contributed by atoms with Gasteiger partial charge >= 0.3 is 5.97 Å². The van der Waals surface area contributed by atoms with E-state index in [0.717, 1.165) is 16.5 Å². The van der Waals surface area contributed by atoms with Crippen LogP contribution in [0.3, 0.4) is 0 Å². The van der Waals surface area contributed by atoms with Gasteiger partial charge in [-0.1, -0.05) is 19.9 Å². The molecule has 6 nitrogen and oxygen atoms in total. The maximum absolute atomic E-state index is 12.2. The Morgan fingerprint density at radius 1 is 1.35 bits per heavy atom. The number of methoxy groups -OCH3 is 1. The molecule has 1 amide bonds. The maximum atomic E-state index is 12.2. The Hall–Kier alpha value is -2.50. The first-order valence-corrected chi connectivity index (χ1v) is 7.57. The van der Waals surface area contributed by atoms with Gasteiger partial charge in [-0.15, -0.1) is 0 Å². The van der Waals surface area contributed by atoms with Crippen LogP contribution in [0.15, 0.2) is 24.4 Å². The number of carboxylic acids is 1. The predicted octanol–water partition coefficient (Wildman–Crippen LogP) is 2.33. The smallest absolute Gasteiger partial charge is 0.326 e. The van der Waals surface area contributed by atoms with E-state index in [2.05, 4.69) is 10.3 Å². The summed E-state index contributed by atoms with van der Waals surface area (Å²) < 4.78 is 5.33. The fourth-order valence-corrected chi connectivity index (χ4v) is 2.64. The summed E-state index contributed by atoms with van der Waals surface area (Å²) in [5.41, 5.74) is 1.66. The monoisotopic (exact) mass is 318 g/mol. The van der Waals surface area contributed by atoms with Gasteiger partial charge in [0.1, 0.15) is 11.8 Å². The zero-order valence-corrected chi connectivity index (χ0v) is 13.6. The number of hydrogen-bond donors (Lipinski definition) is 3. The van der Waals surface area contributed by atoms with E-state index in [4.69, 9.17) is 4.74 Å². The van der Waals surface area contributed by atoms with E-state index in [0.29, 0.717) is 12.2 Å². The third-order valence-electron chi connectivity index (χ3n) is 3.66. The molecule has 1 aromatic carbocycles. The summed E-state index contributed by atoms with van der Waals surface area (Å²) in [5, 5.41) is 12.7. The van der Waals surface area contributed by atoms with Crippen molar-refractivity contribution < 1.29 is 19.4 Å². The van der Waals surface area contributed by atoms with Gasteiger partial charge in [-0.25, -0.2) is 4.79 Å². The lowest BCUT2D eigenvalue weighted by atomic mass is 10.0. The van der Waals surface area contributed by atoms with Crippen molar-refractivity contribution in [3.63, 3.8) is 0 Å². The highest BCUT2D eigenvalue weighted by Gasteiger charge is 2.22. The summed E-state index contributed by atoms with van der Waals surface area (Å²) in [5.74, 6) is -0.457. The lowest BCUT2D eigenvalue weighted by Gasteiger charge is -2.16. The van der Waals surface area contributed by atoms with Crippen LogP contribution in [0.25, 0.3) is 10.9 Å². The van der Waals surface area contributed by atoms with Crippen LogP contribution >= 0.6 is 0 Å². The number of nitrogens with one attached hydrogen (secondary N) is 2. The molecule has 23 heavy (non-hydrogen) atoms. The highest BCUT2D eigenvalue weighted by molar-refractivity contribution is 5.93. The van der Waals surface area contributed by atoms with Gasteiger partial charge in [-0.2, -0.15) is 0 Å². The van der Waals surface area contributed by atoms with Crippen molar-refractivity contribution in [1.29, 1.82) is 0 Å². The lowest BCUT2D eigenvalue weighted by Crippen LogP contribution is -2.42. The number of benzene rings is 1. The number of rotatable bonds is 7. The third kappa shape index (κ3) is 4.03. The average molecular weight is 318 g/mol. The molecule has 0 fully saturated rings. The largest absolute Gasteiger partial charge is 0.496 e. The average Bonchev–Trinajstić information content (AvgIpc) is 2.89. The van der Waals surface area contributed by atoms with Gasteiger partial charge in [-0.3, -0.25) is 4.79 Å². The number of fused-ring (bicyclic) bond motifs is 1. The zero-order valence-electron chi connectivity index (χ0n) is 13.6. The van der Waals surface area contributed by atoms with E-state index in [1.54, 1.807) is 13.3 Å². The van der Waals surface area contributed by atoms with Crippen LogP contribution in [0.4, 0.5) is 0 Å². The Kier molecular flexibility index (Phi) is 5.26. The molecular weight excluding hydrogens is 296 g/mol. The van der Waals surface area contributed by atoms with Crippen molar-refractivity contribution in [2.45, 2.75) is 32.7 Å². The zero-order chi connectivity index (χ0) is 17.0. The van der Waals surface area contributed by atoms with E-state index in [9.17, 15) is 14.7 Å². The summed E-state index contributed by atoms with van der Waals surface area (Å²) in [6.07, 6.45) is 2.26. The van der Waals surface area contributed by atoms with Crippen LogP contribution in [0, 0.1) is 5.92 Å². The number of aromatic nitrogens is 1. The Morgan fingerprint density at radius 2 is 2.09 bits per heavy atom. The number of carbonyl (C=O) groups excluding carboxylic acids is 1. The standard InChI is InChI=1S/C17H22N2O4/c1-10(2)7-13(17(21)22)19-15(20)8-11-9-18-12-5-4-6-14(23-3)16(11)12/h4-6,9-10,13,18H,7-8H2,1-3H3,(H,19,20)(H,21,22). The molecule has 2 rings (SSSR count). The summed E-state index contributed by atoms with van der Waals surface area (Å²) in [6, 6.07) is 4.73. The molecule has 0 bridgehead atoms. The molecule has 0 aliphatic rings. The van der Waals surface area contributed by atoms with Gasteiger partial charge < -0.3 is 20.1 Å². The van der Waals surface area contributed by atoms with E-state index in [1.165, 1.54) is 0 Å². The minimum absolute atomic E-state index is 0.0995. The first kappa shape index (κ1) is 16.9. The molecule has 1 atom stereocenters. The van der Waals surface area contributed by atoms with Crippen LogP contribution in [-0.4, -0.2) is 35.1 Å². The van der Waals surface area contributed by atoms with Crippen molar-refractivity contribution in [1.82, 2.24) is 10.3 Å². The van der Waals surface area contributed by atoms with Gasteiger partial charge in [0.15, 0.2) is 0 Å². The SMILES string of the molecule is COc1cccc2[nH]cc(CC(=O)NC(CC(C)C)C(=O)O)c12. The number of aliphatic carboxylic acids is 1. The summed E-state index contributed by atoms with van der Waals surface area (Å²) in [6.45, 7) is 3.85. The molecule has 0 saturated carbocycles. The predicted molar refractivity (Wildman–Crippen MR) is 87.6 cm³/mol. The highest BCUT2D eigenvalue weighted by atomic mass is 16.5. The molecule has 6 heteroatoms. The molecular formula is C17H22N2O4. The highest BCUT2D eigenvalue weighted by Crippen LogP contribution is 2.28. The van der Waals surface area contributed by atoms with Gasteiger partial charge in [0.05, 0.1) is 13.5 Å². The Labute approximate surface area is 134 Å². The van der Waals surface area contributed by atoms with Crippen LogP contribution in [-0.2, 0) is 16.0 Å².